The van der Waals surface area contributed by atoms with E-state index < -0.39 is 17.7 Å². The average Bonchev–Trinajstić information content (AvgIpc) is 3.03. The van der Waals surface area contributed by atoms with Gasteiger partial charge in [0.25, 0.3) is 5.79 Å². The van der Waals surface area contributed by atoms with Gasteiger partial charge in [-0.1, -0.05) is 58.1 Å². The molecule has 1 aliphatic rings. The first-order chi connectivity index (χ1) is 12.8. The zero-order valence-corrected chi connectivity index (χ0v) is 17.1. The van der Waals surface area contributed by atoms with Gasteiger partial charge in [0.15, 0.2) is 0 Å². The van der Waals surface area contributed by atoms with E-state index in [-0.39, 0.29) is 6.61 Å². The Labute approximate surface area is 164 Å². The minimum Gasteiger partial charge on any atom is -0.477 e. The number of carboxylic acid groups (broad SMARTS) is 1. The lowest BCUT2D eigenvalue weighted by atomic mass is 9.85. The Morgan fingerprint density at radius 1 is 1.11 bits per heavy atom. The van der Waals surface area contributed by atoms with Crippen molar-refractivity contribution in [1.29, 1.82) is 0 Å². The van der Waals surface area contributed by atoms with Gasteiger partial charge in [-0.25, -0.2) is 4.79 Å². The van der Waals surface area contributed by atoms with Crippen molar-refractivity contribution < 1.29 is 25.2 Å². The summed E-state index contributed by atoms with van der Waals surface area (Å²) in [5.74, 6) is -3.55. The molecule has 1 fully saturated rings. The van der Waals surface area contributed by atoms with Crippen molar-refractivity contribution in [3.63, 3.8) is 0 Å². The smallest absolute Gasteiger partial charge is 0.364 e. The van der Waals surface area contributed by atoms with E-state index in [2.05, 4.69) is 19.1 Å². The third kappa shape index (κ3) is 7.92. The second-order valence-corrected chi connectivity index (χ2v) is 8.35. The molecule has 27 heavy (non-hydrogen) atoms. The Bertz CT molecular complexity index is 446. The van der Waals surface area contributed by atoms with Crippen LogP contribution in [0.5, 0.6) is 0 Å². The summed E-state index contributed by atoms with van der Waals surface area (Å²) in [5.41, 5.74) is 0. The van der Waals surface area contributed by atoms with Gasteiger partial charge in [0.2, 0.25) is 0 Å². The van der Waals surface area contributed by atoms with E-state index in [4.69, 9.17) is 5.11 Å². The van der Waals surface area contributed by atoms with E-state index >= 15 is 0 Å². The second-order valence-electron chi connectivity index (χ2n) is 8.35. The molecule has 0 bridgehead atoms. The standard InChI is InChI=1S/C22H40O5/c1-3-4-5-6-7-8-13-20-18(14-15-19(20)16-23)12-10-9-11-17(2)22(26,27)21(24)25/h8,13,17-20,23,26-27H,3-7,9-12,14-16H2,1-2H3,(H,24,25)/t17?,18-,19+,20-/m1/s1. The van der Waals surface area contributed by atoms with Crippen LogP contribution in [0.1, 0.15) is 84.5 Å². The topological polar surface area (TPSA) is 98.0 Å². The van der Waals surface area contributed by atoms with Crippen molar-refractivity contribution in [2.24, 2.45) is 23.7 Å². The molecule has 5 nitrogen and oxygen atoms in total. The van der Waals surface area contributed by atoms with Gasteiger partial charge in [0.05, 0.1) is 0 Å². The molecule has 0 aromatic heterocycles. The highest BCUT2D eigenvalue weighted by molar-refractivity contribution is 5.75. The Hall–Kier alpha value is -0.910. The van der Waals surface area contributed by atoms with Crippen LogP contribution in [0.3, 0.4) is 0 Å². The maximum absolute atomic E-state index is 10.9. The lowest BCUT2D eigenvalue weighted by molar-refractivity contribution is -0.221. The molecule has 1 aliphatic carbocycles. The molecule has 0 radical (unpaired) electrons. The SMILES string of the molecule is CCCCCCC=C[C@@H]1[C@H](CCCCC(C)C(O)(O)C(=O)O)CC[C@H]1CO. The predicted molar refractivity (Wildman–Crippen MR) is 107 cm³/mol. The molecule has 4 atom stereocenters. The van der Waals surface area contributed by atoms with Gasteiger partial charge in [-0.2, -0.15) is 0 Å². The third-order valence-electron chi connectivity index (χ3n) is 6.28. The van der Waals surface area contributed by atoms with Crippen LogP contribution in [-0.2, 0) is 4.79 Å². The van der Waals surface area contributed by atoms with E-state index in [1.807, 2.05) is 0 Å². The number of rotatable bonds is 14. The number of aliphatic hydroxyl groups is 3. The van der Waals surface area contributed by atoms with E-state index in [1.54, 1.807) is 6.92 Å². The van der Waals surface area contributed by atoms with Crippen molar-refractivity contribution in [2.75, 3.05) is 6.61 Å². The molecule has 4 N–H and O–H groups in total. The van der Waals surface area contributed by atoms with Gasteiger partial charge in [-0.15, -0.1) is 0 Å². The first kappa shape index (κ1) is 24.1. The van der Waals surface area contributed by atoms with Crippen LogP contribution >= 0.6 is 0 Å². The van der Waals surface area contributed by atoms with Crippen molar-refractivity contribution in [2.45, 2.75) is 90.3 Å². The maximum atomic E-state index is 10.9. The second kappa shape index (κ2) is 12.5. The van der Waals surface area contributed by atoms with Crippen molar-refractivity contribution in [3.8, 4) is 0 Å². The van der Waals surface area contributed by atoms with E-state index in [0.29, 0.717) is 24.2 Å². The largest absolute Gasteiger partial charge is 0.477 e. The summed E-state index contributed by atoms with van der Waals surface area (Å²) in [7, 11) is 0. The minimum atomic E-state index is -2.64. The van der Waals surface area contributed by atoms with Gasteiger partial charge in [-0.3, -0.25) is 0 Å². The normalized spacial score (nSPS) is 24.6. The fourth-order valence-electron chi connectivity index (χ4n) is 4.27. The summed E-state index contributed by atoms with van der Waals surface area (Å²) < 4.78 is 0. The van der Waals surface area contributed by atoms with Gasteiger partial charge in [-0.05, 0) is 56.3 Å². The average molecular weight is 385 g/mol. The van der Waals surface area contributed by atoms with Crippen molar-refractivity contribution in [1.82, 2.24) is 0 Å². The molecular weight excluding hydrogens is 344 g/mol. The number of hydrogen-bond acceptors (Lipinski definition) is 4. The van der Waals surface area contributed by atoms with Crippen LogP contribution in [-0.4, -0.2) is 38.8 Å². The van der Waals surface area contributed by atoms with Crippen LogP contribution in [0.2, 0.25) is 0 Å². The number of carboxylic acids is 1. The zero-order chi connectivity index (χ0) is 20.3. The Morgan fingerprint density at radius 2 is 1.81 bits per heavy atom. The fraction of sp³-hybridized carbons (Fsp3) is 0.864. The number of aliphatic hydroxyl groups excluding tert-OH is 1. The number of aliphatic carboxylic acids is 1. The lowest BCUT2D eigenvalue weighted by Gasteiger charge is -2.24. The molecule has 5 heteroatoms. The summed E-state index contributed by atoms with van der Waals surface area (Å²) in [6, 6.07) is 0. The third-order valence-corrected chi connectivity index (χ3v) is 6.28. The predicted octanol–water partition coefficient (Wildman–Crippen LogP) is 4.11. The zero-order valence-electron chi connectivity index (χ0n) is 17.1. The Kier molecular flexibility index (Phi) is 11.2. The monoisotopic (exact) mass is 384 g/mol. The van der Waals surface area contributed by atoms with E-state index in [1.165, 1.54) is 25.7 Å². The maximum Gasteiger partial charge on any atom is 0.364 e. The van der Waals surface area contributed by atoms with E-state index in [9.17, 15) is 20.1 Å². The first-order valence-corrected chi connectivity index (χ1v) is 10.8. The number of hydrogen-bond donors (Lipinski definition) is 4. The number of carbonyl (C=O) groups is 1. The molecule has 1 unspecified atom stereocenters. The number of unbranched alkanes of at least 4 members (excludes halogenated alkanes) is 5. The fourth-order valence-corrected chi connectivity index (χ4v) is 4.27. The Morgan fingerprint density at radius 3 is 2.44 bits per heavy atom. The highest BCUT2D eigenvalue weighted by Crippen LogP contribution is 2.41. The summed E-state index contributed by atoms with van der Waals surface area (Å²) in [5, 5.41) is 37.7. The molecule has 0 saturated heterocycles. The van der Waals surface area contributed by atoms with Crippen LogP contribution < -0.4 is 0 Å². The van der Waals surface area contributed by atoms with Crippen molar-refractivity contribution in [3.05, 3.63) is 12.2 Å². The lowest BCUT2D eigenvalue weighted by Crippen LogP contribution is -2.44. The molecule has 0 aromatic rings. The highest BCUT2D eigenvalue weighted by Gasteiger charge is 2.39. The highest BCUT2D eigenvalue weighted by atomic mass is 16.5. The molecule has 0 aromatic carbocycles. The summed E-state index contributed by atoms with van der Waals surface area (Å²) in [6.07, 6.45) is 16.2. The summed E-state index contributed by atoms with van der Waals surface area (Å²) in [4.78, 5) is 10.9. The molecule has 1 rings (SSSR count). The van der Waals surface area contributed by atoms with E-state index in [0.717, 1.165) is 38.5 Å². The van der Waals surface area contributed by atoms with Crippen LogP contribution in [0.4, 0.5) is 0 Å². The molecule has 0 amide bonds. The van der Waals surface area contributed by atoms with Gasteiger partial charge < -0.3 is 20.4 Å². The van der Waals surface area contributed by atoms with Crippen LogP contribution in [0.15, 0.2) is 12.2 Å². The summed E-state index contributed by atoms with van der Waals surface area (Å²) >= 11 is 0. The van der Waals surface area contributed by atoms with Gasteiger partial charge in [0.1, 0.15) is 0 Å². The molecular formula is C22H40O5. The molecule has 0 spiro atoms. The summed E-state index contributed by atoms with van der Waals surface area (Å²) in [6.45, 7) is 4.03. The molecule has 0 heterocycles. The quantitative estimate of drug-likeness (QED) is 0.205. The molecule has 0 aliphatic heterocycles. The first-order valence-electron chi connectivity index (χ1n) is 10.8. The van der Waals surface area contributed by atoms with Gasteiger partial charge in [0, 0.05) is 12.5 Å². The van der Waals surface area contributed by atoms with Crippen LogP contribution in [0.25, 0.3) is 0 Å². The molecule has 158 valence electrons. The minimum absolute atomic E-state index is 0.245. The molecule has 1 saturated carbocycles. The van der Waals surface area contributed by atoms with Crippen LogP contribution in [0, 0.1) is 23.7 Å². The van der Waals surface area contributed by atoms with Gasteiger partial charge >= 0.3 is 5.97 Å². The van der Waals surface area contributed by atoms with Crippen molar-refractivity contribution >= 4 is 5.97 Å². The number of allylic oxidation sites excluding steroid dienone is 2. The Balaban J connectivity index is 2.39.